The molecule has 0 fully saturated rings. The molecule has 0 spiro atoms. The summed E-state index contributed by atoms with van der Waals surface area (Å²) in [4.78, 5) is 26.9. The molecule has 1 heterocycles. The van der Waals surface area contributed by atoms with Crippen LogP contribution in [-0.4, -0.2) is 33.9 Å². The summed E-state index contributed by atoms with van der Waals surface area (Å²) in [6, 6.07) is 28.3. The predicted octanol–water partition coefficient (Wildman–Crippen LogP) is 6.39. The first-order valence-corrected chi connectivity index (χ1v) is 18.0. The number of carbonyl (C=O) groups excluding carboxylic acids is 2. The number of nitrogens with zero attached hydrogens (tertiary/aromatic N) is 1. The van der Waals surface area contributed by atoms with Gasteiger partial charge in [-0.2, -0.15) is 16.8 Å². The molecular formula is C37H31NO9S2. The van der Waals surface area contributed by atoms with Crippen LogP contribution >= 0.6 is 0 Å². The Morgan fingerprint density at radius 2 is 1.27 bits per heavy atom. The third-order valence-electron chi connectivity index (χ3n) is 7.89. The van der Waals surface area contributed by atoms with Gasteiger partial charge in [0.25, 0.3) is 5.91 Å². The normalized spacial score (nSPS) is 12.7. The van der Waals surface area contributed by atoms with Gasteiger partial charge in [-0.3, -0.25) is 9.59 Å². The summed E-state index contributed by atoms with van der Waals surface area (Å²) in [6.07, 6.45) is 0.714. The van der Waals surface area contributed by atoms with E-state index in [9.17, 15) is 26.4 Å². The molecule has 0 saturated carbocycles. The van der Waals surface area contributed by atoms with E-state index in [-0.39, 0.29) is 46.5 Å². The minimum absolute atomic E-state index is 0.0532. The van der Waals surface area contributed by atoms with Gasteiger partial charge in [-0.1, -0.05) is 77.9 Å². The molecule has 10 nitrogen and oxygen atoms in total. The van der Waals surface area contributed by atoms with E-state index < -0.39 is 31.9 Å². The first kappa shape index (κ1) is 33.4. The fraction of sp³-hybridized carbons (Fsp3) is 0.135. The van der Waals surface area contributed by atoms with Crippen LogP contribution in [0.2, 0.25) is 0 Å². The highest BCUT2D eigenvalue weighted by Gasteiger charge is 2.33. The number of amides is 1. The smallest absolute Gasteiger partial charge is 0.339 e. The third kappa shape index (κ3) is 7.50. The van der Waals surface area contributed by atoms with Crippen LogP contribution in [0.25, 0.3) is 0 Å². The molecule has 1 amide bonds. The second-order valence-corrected chi connectivity index (χ2v) is 14.7. The number of ether oxygens (including phenoxy) is 1. The topological polar surface area (TPSA) is 133 Å². The number of hydrogen-bond acceptors (Lipinski definition) is 9. The van der Waals surface area contributed by atoms with E-state index in [2.05, 4.69) is 0 Å². The van der Waals surface area contributed by atoms with Gasteiger partial charge in [-0.15, -0.1) is 0 Å². The molecule has 49 heavy (non-hydrogen) atoms. The van der Waals surface area contributed by atoms with Crippen molar-refractivity contribution in [3.8, 4) is 17.2 Å². The Hall–Kier alpha value is -5.46. The zero-order chi connectivity index (χ0) is 34.8. The summed E-state index contributed by atoms with van der Waals surface area (Å²) in [6.45, 7) is 3.84. The Morgan fingerprint density at radius 3 is 1.88 bits per heavy atom. The van der Waals surface area contributed by atoms with Gasteiger partial charge in [-0.25, -0.2) is 0 Å². The van der Waals surface area contributed by atoms with Gasteiger partial charge < -0.3 is 18.0 Å². The maximum Gasteiger partial charge on any atom is 0.339 e. The molecule has 1 aliphatic heterocycles. The molecule has 1 aliphatic rings. The number of aryl methyl sites for hydroxylation is 2. The average Bonchev–Trinajstić information content (AvgIpc) is 3.51. The lowest BCUT2D eigenvalue weighted by Crippen LogP contribution is -2.27. The molecule has 0 aromatic heterocycles. The molecule has 12 heteroatoms. The standard InChI is InChI=1S/C37H31NO9S2/c1-25-8-14-32(15-9-25)48(41,42)46-31-19-34(45-24-27-6-4-3-5-7-27)36(35(20-31)47-49(43,44)33-16-10-26(2)11-17-33)37(40)38-21-29-13-12-28(23-39)18-30(29)22-38/h3-20,23H,21-22,24H2,1-2H3. The van der Waals surface area contributed by atoms with Crippen molar-refractivity contribution in [2.75, 3.05) is 0 Å². The maximum atomic E-state index is 14.4. The van der Waals surface area contributed by atoms with Crippen LogP contribution in [0.4, 0.5) is 0 Å². The lowest BCUT2D eigenvalue weighted by atomic mass is 10.1. The quantitative estimate of drug-likeness (QED) is 0.114. The van der Waals surface area contributed by atoms with Crippen molar-refractivity contribution in [1.29, 1.82) is 0 Å². The number of aldehydes is 1. The average molecular weight is 698 g/mol. The summed E-state index contributed by atoms with van der Waals surface area (Å²) in [5.74, 6) is -1.64. The number of benzene rings is 5. The molecule has 5 aromatic rings. The fourth-order valence-electron chi connectivity index (χ4n) is 5.28. The van der Waals surface area contributed by atoms with E-state index in [0.29, 0.717) is 11.8 Å². The summed E-state index contributed by atoms with van der Waals surface area (Å²) < 4.78 is 71.2. The molecule has 0 unspecified atom stereocenters. The van der Waals surface area contributed by atoms with Crippen LogP contribution in [-0.2, 0) is 39.9 Å². The molecule has 0 saturated heterocycles. The van der Waals surface area contributed by atoms with Gasteiger partial charge in [0, 0.05) is 30.8 Å². The zero-order valence-corrected chi connectivity index (χ0v) is 28.2. The predicted molar refractivity (Wildman–Crippen MR) is 181 cm³/mol. The summed E-state index contributed by atoms with van der Waals surface area (Å²) >= 11 is 0. The van der Waals surface area contributed by atoms with Gasteiger partial charge in [0.15, 0.2) is 5.75 Å². The van der Waals surface area contributed by atoms with Gasteiger partial charge in [-0.05, 0) is 60.9 Å². The van der Waals surface area contributed by atoms with Gasteiger partial charge in [0.2, 0.25) is 0 Å². The Bertz CT molecular complexity index is 2250. The molecule has 5 aromatic carbocycles. The summed E-state index contributed by atoms with van der Waals surface area (Å²) in [5.41, 5.74) is 4.13. The lowest BCUT2D eigenvalue weighted by Gasteiger charge is -2.22. The molecule has 0 radical (unpaired) electrons. The van der Waals surface area contributed by atoms with Crippen molar-refractivity contribution in [1.82, 2.24) is 4.90 Å². The Balaban J connectivity index is 1.47. The summed E-state index contributed by atoms with van der Waals surface area (Å²) in [7, 11) is -8.95. The number of fused-ring (bicyclic) bond motifs is 1. The molecule has 6 rings (SSSR count). The summed E-state index contributed by atoms with van der Waals surface area (Å²) in [5, 5.41) is 0. The van der Waals surface area contributed by atoms with E-state index in [1.807, 2.05) is 13.0 Å². The molecule has 0 aliphatic carbocycles. The highest BCUT2D eigenvalue weighted by atomic mass is 32.2. The third-order valence-corrected chi connectivity index (χ3v) is 10.4. The first-order valence-electron chi connectivity index (χ1n) is 15.2. The van der Waals surface area contributed by atoms with Gasteiger partial charge in [0.05, 0.1) is 0 Å². The maximum absolute atomic E-state index is 14.4. The van der Waals surface area contributed by atoms with Crippen LogP contribution in [0.1, 0.15) is 48.5 Å². The minimum Gasteiger partial charge on any atom is -0.488 e. The SMILES string of the molecule is Cc1ccc(S(=O)(=O)Oc2cc(OCc3ccccc3)c(C(=O)N3Cc4ccc(C=O)cc4C3)c(OS(=O)(=O)c3ccc(C)cc3)c2)cc1. The van der Waals surface area contributed by atoms with Crippen molar-refractivity contribution < 1.29 is 39.5 Å². The van der Waals surface area contributed by atoms with Crippen molar-refractivity contribution in [3.05, 3.63) is 148 Å². The fourth-order valence-corrected chi connectivity index (χ4v) is 7.13. The van der Waals surface area contributed by atoms with E-state index in [1.54, 1.807) is 73.7 Å². The van der Waals surface area contributed by atoms with Gasteiger partial charge >= 0.3 is 20.2 Å². The Kier molecular flexibility index (Phi) is 9.26. The van der Waals surface area contributed by atoms with Crippen LogP contribution in [0.15, 0.2) is 119 Å². The van der Waals surface area contributed by atoms with Gasteiger partial charge in [0.1, 0.15) is 39.7 Å². The highest BCUT2D eigenvalue weighted by molar-refractivity contribution is 7.87. The van der Waals surface area contributed by atoms with E-state index in [4.69, 9.17) is 13.1 Å². The van der Waals surface area contributed by atoms with E-state index in [0.717, 1.165) is 33.9 Å². The highest BCUT2D eigenvalue weighted by Crippen LogP contribution is 2.40. The monoisotopic (exact) mass is 697 g/mol. The second-order valence-electron chi connectivity index (χ2n) is 11.6. The van der Waals surface area contributed by atoms with Crippen molar-refractivity contribution in [2.24, 2.45) is 0 Å². The molecule has 0 bridgehead atoms. The van der Waals surface area contributed by atoms with Crippen LogP contribution < -0.4 is 13.1 Å². The number of carbonyl (C=O) groups is 2. The van der Waals surface area contributed by atoms with Crippen molar-refractivity contribution in [2.45, 2.75) is 43.3 Å². The largest absolute Gasteiger partial charge is 0.488 e. The number of rotatable bonds is 11. The second kappa shape index (κ2) is 13.6. The number of hydrogen-bond donors (Lipinski definition) is 0. The Morgan fingerprint density at radius 1 is 0.694 bits per heavy atom. The minimum atomic E-state index is -4.54. The first-order chi connectivity index (χ1) is 23.4. The molecule has 250 valence electrons. The van der Waals surface area contributed by atoms with Crippen LogP contribution in [0.3, 0.4) is 0 Å². The van der Waals surface area contributed by atoms with E-state index in [1.165, 1.54) is 35.2 Å². The zero-order valence-electron chi connectivity index (χ0n) is 26.5. The van der Waals surface area contributed by atoms with Crippen LogP contribution in [0.5, 0.6) is 17.2 Å². The molecule has 0 N–H and O–H groups in total. The molecular weight excluding hydrogens is 667 g/mol. The van der Waals surface area contributed by atoms with E-state index >= 15 is 0 Å². The Labute approximate surface area is 284 Å². The lowest BCUT2D eigenvalue weighted by molar-refractivity contribution is 0.0744. The molecule has 0 atom stereocenters. The van der Waals surface area contributed by atoms with Crippen LogP contribution in [0, 0.1) is 13.8 Å². The van der Waals surface area contributed by atoms with Crippen molar-refractivity contribution in [3.63, 3.8) is 0 Å². The van der Waals surface area contributed by atoms with Crippen molar-refractivity contribution >= 4 is 32.4 Å².